The van der Waals surface area contributed by atoms with Crippen molar-refractivity contribution in [3.05, 3.63) is 51.8 Å². The number of ether oxygens (including phenoxy) is 1. The molecule has 0 radical (unpaired) electrons. The number of hydrogen-bond donors (Lipinski definition) is 2. The van der Waals surface area contributed by atoms with Gasteiger partial charge in [-0.2, -0.15) is 4.98 Å². The molecule has 1 aromatic heterocycles. The molecule has 0 aliphatic carbocycles. The number of hydrogen-bond acceptors (Lipinski definition) is 5. The van der Waals surface area contributed by atoms with E-state index in [1.54, 1.807) is 6.20 Å². The number of benzene rings is 1. The summed E-state index contributed by atoms with van der Waals surface area (Å²) in [6.07, 6.45) is 1.09. The van der Waals surface area contributed by atoms with Crippen molar-refractivity contribution in [1.82, 2.24) is 15.3 Å². The van der Waals surface area contributed by atoms with Gasteiger partial charge < -0.3 is 15.4 Å². The molecule has 1 atom stereocenters. The summed E-state index contributed by atoms with van der Waals surface area (Å²) >= 11 is 9.27. The molecule has 0 saturated heterocycles. The van der Waals surface area contributed by atoms with E-state index in [0.717, 1.165) is 5.56 Å². The van der Waals surface area contributed by atoms with E-state index in [0.29, 0.717) is 16.8 Å². The molecule has 2 rings (SSSR count). The monoisotopic (exact) mass is 426 g/mol. The molecular formula is C17H20BrClN4O2. The van der Waals surface area contributed by atoms with E-state index in [1.807, 2.05) is 51.1 Å². The van der Waals surface area contributed by atoms with Crippen molar-refractivity contribution in [1.29, 1.82) is 0 Å². The van der Waals surface area contributed by atoms with Crippen molar-refractivity contribution in [3.63, 3.8) is 0 Å². The zero-order valence-electron chi connectivity index (χ0n) is 14.2. The van der Waals surface area contributed by atoms with Crippen LogP contribution in [-0.4, -0.2) is 28.2 Å². The largest absolute Gasteiger partial charge is 0.444 e. The van der Waals surface area contributed by atoms with Gasteiger partial charge in [-0.25, -0.2) is 9.78 Å². The zero-order chi connectivity index (χ0) is 18.4. The van der Waals surface area contributed by atoms with Crippen LogP contribution in [0, 0.1) is 0 Å². The molecule has 0 spiro atoms. The molecule has 2 aromatic rings. The van der Waals surface area contributed by atoms with Gasteiger partial charge in [0.1, 0.15) is 11.4 Å². The lowest BCUT2D eigenvalue weighted by molar-refractivity contribution is 0.0525. The number of anilines is 1. The molecule has 0 fully saturated rings. The first kappa shape index (κ1) is 19.5. The highest BCUT2D eigenvalue weighted by molar-refractivity contribution is 9.10. The van der Waals surface area contributed by atoms with Crippen LogP contribution in [0.3, 0.4) is 0 Å². The van der Waals surface area contributed by atoms with Crippen molar-refractivity contribution < 1.29 is 9.53 Å². The van der Waals surface area contributed by atoms with Crippen LogP contribution in [0.15, 0.2) is 41.0 Å². The van der Waals surface area contributed by atoms with E-state index in [4.69, 9.17) is 16.3 Å². The SMILES string of the molecule is CC(C)(C)OC(=O)NCC(Nc1nc(Cl)ncc1Br)c1ccccc1. The summed E-state index contributed by atoms with van der Waals surface area (Å²) in [7, 11) is 0. The molecular weight excluding hydrogens is 408 g/mol. The first-order chi connectivity index (χ1) is 11.7. The molecule has 1 aromatic carbocycles. The molecule has 0 bridgehead atoms. The van der Waals surface area contributed by atoms with Gasteiger partial charge in [0.2, 0.25) is 5.28 Å². The predicted molar refractivity (Wildman–Crippen MR) is 102 cm³/mol. The lowest BCUT2D eigenvalue weighted by atomic mass is 10.1. The summed E-state index contributed by atoms with van der Waals surface area (Å²) in [4.78, 5) is 20.0. The summed E-state index contributed by atoms with van der Waals surface area (Å²) in [5.41, 5.74) is 0.434. The van der Waals surface area contributed by atoms with E-state index >= 15 is 0 Å². The summed E-state index contributed by atoms with van der Waals surface area (Å²) in [5, 5.41) is 6.18. The van der Waals surface area contributed by atoms with Crippen LogP contribution in [0.5, 0.6) is 0 Å². The first-order valence-electron chi connectivity index (χ1n) is 7.71. The maximum absolute atomic E-state index is 12.0. The lowest BCUT2D eigenvalue weighted by Gasteiger charge is -2.23. The number of nitrogens with one attached hydrogen (secondary N) is 2. The fourth-order valence-electron chi connectivity index (χ4n) is 2.05. The summed E-state index contributed by atoms with van der Waals surface area (Å²) in [5.74, 6) is 0.542. The molecule has 0 saturated carbocycles. The maximum atomic E-state index is 12.0. The fourth-order valence-corrected chi connectivity index (χ4v) is 2.49. The van der Waals surface area contributed by atoms with Gasteiger partial charge >= 0.3 is 6.09 Å². The Morgan fingerprint density at radius 2 is 2.00 bits per heavy atom. The molecule has 2 N–H and O–H groups in total. The van der Waals surface area contributed by atoms with Gasteiger partial charge in [-0.15, -0.1) is 0 Å². The van der Waals surface area contributed by atoms with Crippen molar-refractivity contribution in [3.8, 4) is 0 Å². The predicted octanol–water partition coefficient (Wildman–Crippen LogP) is 4.57. The lowest BCUT2D eigenvalue weighted by Crippen LogP contribution is -2.36. The van der Waals surface area contributed by atoms with Crippen LogP contribution >= 0.6 is 27.5 Å². The van der Waals surface area contributed by atoms with Crippen LogP contribution in [-0.2, 0) is 4.74 Å². The Morgan fingerprint density at radius 1 is 1.32 bits per heavy atom. The molecule has 1 amide bonds. The number of rotatable bonds is 5. The minimum absolute atomic E-state index is 0.137. The number of alkyl carbamates (subject to hydrolysis) is 1. The van der Waals surface area contributed by atoms with Crippen LogP contribution in [0.25, 0.3) is 0 Å². The Balaban J connectivity index is 2.14. The minimum atomic E-state index is -0.553. The van der Waals surface area contributed by atoms with Crippen LogP contribution in [0.1, 0.15) is 32.4 Å². The quantitative estimate of drug-likeness (QED) is 0.684. The number of halogens is 2. The van der Waals surface area contributed by atoms with Crippen molar-refractivity contribution in [2.24, 2.45) is 0 Å². The van der Waals surface area contributed by atoms with E-state index in [1.165, 1.54) is 0 Å². The Bertz CT molecular complexity index is 722. The summed E-state index contributed by atoms with van der Waals surface area (Å²) in [6, 6.07) is 9.49. The van der Waals surface area contributed by atoms with Crippen molar-refractivity contribution >= 4 is 39.4 Å². The number of aromatic nitrogens is 2. The smallest absolute Gasteiger partial charge is 0.407 e. The third-order valence-electron chi connectivity index (χ3n) is 3.08. The summed E-state index contributed by atoms with van der Waals surface area (Å²) < 4.78 is 5.96. The Morgan fingerprint density at radius 3 is 2.64 bits per heavy atom. The van der Waals surface area contributed by atoms with Crippen LogP contribution in [0.4, 0.5) is 10.6 Å². The Kier molecular flexibility index (Phi) is 6.61. The van der Waals surface area contributed by atoms with Gasteiger partial charge in [0.15, 0.2) is 0 Å². The highest BCUT2D eigenvalue weighted by Gasteiger charge is 2.19. The zero-order valence-corrected chi connectivity index (χ0v) is 16.6. The van der Waals surface area contributed by atoms with Crippen LogP contribution in [0.2, 0.25) is 5.28 Å². The Hall–Kier alpha value is -1.86. The van der Waals surface area contributed by atoms with Crippen LogP contribution < -0.4 is 10.6 Å². The van der Waals surface area contributed by atoms with Gasteiger partial charge in [-0.05, 0) is 53.9 Å². The van der Waals surface area contributed by atoms with Gasteiger partial charge in [0.25, 0.3) is 0 Å². The van der Waals surface area contributed by atoms with Gasteiger partial charge in [-0.1, -0.05) is 30.3 Å². The average molecular weight is 428 g/mol. The molecule has 25 heavy (non-hydrogen) atoms. The highest BCUT2D eigenvalue weighted by Crippen LogP contribution is 2.25. The number of nitrogens with zero attached hydrogens (tertiary/aromatic N) is 2. The maximum Gasteiger partial charge on any atom is 0.407 e. The molecule has 6 nitrogen and oxygen atoms in total. The fraction of sp³-hybridized carbons (Fsp3) is 0.353. The number of carbonyl (C=O) groups is 1. The van der Waals surface area contributed by atoms with Gasteiger partial charge in [0, 0.05) is 12.7 Å². The van der Waals surface area contributed by atoms with Gasteiger partial charge in [-0.3, -0.25) is 0 Å². The third-order valence-corrected chi connectivity index (χ3v) is 3.84. The minimum Gasteiger partial charge on any atom is -0.444 e. The second kappa shape index (κ2) is 8.49. The molecule has 1 unspecified atom stereocenters. The average Bonchev–Trinajstić information content (AvgIpc) is 2.53. The molecule has 8 heteroatoms. The van der Waals surface area contributed by atoms with E-state index in [2.05, 4.69) is 36.5 Å². The Labute approximate surface area is 160 Å². The molecule has 0 aliphatic heterocycles. The standard InChI is InChI=1S/C17H20BrClN4O2/c1-17(2,3)25-16(24)21-10-13(11-7-5-4-6-8-11)22-14-12(18)9-20-15(19)23-14/h4-9,13H,10H2,1-3H3,(H,21,24)(H,20,22,23). The van der Waals surface area contributed by atoms with E-state index in [9.17, 15) is 4.79 Å². The number of amides is 1. The molecule has 134 valence electrons. The van der Waals surface area contributed by atoms with Gasteiger partial charge in [0.05, 0.1) is 10.5 Å². The second-order valence-electron chi connectivity index (χ2n) is 6.33. The summed E-state index contributed by atoms with van der Waals surface area (Å²) in [6.45, 7) is 5.77. The first-order valence-corrected chi connectivity index (χ1v) is 8.88. The molecule has 0 aliphatic rings. The third kappa shape index (κ3) is 6.51. The van der Waals surface area contributed by atoms with E-state index in [-0.39, 0.29) is 11.3 Å². The highest BCUT2D eigenvalue weighted by atomic mass is 79.9. The second-order valence-corrected chi connectivity index (χ2v) is 7.52. The number of carbonyl (C=O) groups excluding carboxylic acids is 1. The molecule has 1 heterocycles. The normalized spacial score (nSPS) is 12.4. The van der Waals surface area contributed by atoms with Crippen molar-refractivity contribution in [2.45, 2.75) is 32.4 Å². The van der Waals surface area contributed by atoms with Crippen molar-refractivity contribution in [2.75, 3.05) is 11.9 Å². The topological polar surface area (TPSA) is 76.1 Å². The van der Waals surface area contributed by atoms with E-state index < -0.39 is 11.7 Å².